The Kier molecular flexibility index (Phi) is 3.67. The zero-order valence-corrected chi connectivity index (χ0v) is 16.8. The van der Waals surface area contributed by atoms with Gasteiger partial charge in [-0.25, -0.2) is 0 Å². The second kappa shape index (κ2) is 5.98. The molecule has 0 heterocycles. The lowest BCUT2D eigenvalue weighted by atomic mass is 9.89. The van der Waals surface area contributed by atoms with Crippen molar-refractivity contribution in [2.75, 3.05) is 13.3 Å². The van der Waals surface area contributed by atoms with Gasteiger partial charge in [-0.1, -0.05) is 72.8 Å². The van der Waals surface area contributed by atoms with Gasteiger partial charge >= 0.3 is 0 Å². The number of benzene rings is 5. The third-order valence-electron chi connectivity index (χ3n) is 5.43. The van der Waals surface area contributed by atoms with E-state index in [1.54, 1.807) is 0 Å². The van der Waals surface area contributed by atoms with Crippen LogP contribution in [0.2, 0.25) is 0 Å². The van der Waals surface area contributed by atoms with Gasteiger partial charge in [-0.15, -0.1) is 13.2 Å². The van der Waals surface area contributed by atoms with E-state index in [0.29, 0.717) is 0 Å². The number of fused-ring (bicyclic) bond motifs is 8. The summed E-state index contributed by atoms with van der Waals surface area (Å²) in [5.74, 6) is 0. The van der Waals surface area contributed by atoms with Crippen molar-refractivity contribution in [2.45, 2.75) is 6.16 Å². The van der Waals surface area contributed by atoms with Crippen molar-refractivity contribution in [3.05, 3.63) is 84.4 Å². The number of hydrogen-bond donors (Lipinski definition) is 0. The average molecular weight is 366 g/mol. The van der Waals surface area contributed by atoms with Gasteiger partial charge in [0.25, 0.3) is 0 Å². The molecule has 0 aromatic heterocycles. The highest BCUT2D eigenvalue weighted by molar-refractivity contribution is 7.71. The standard InChI is InChI=1S/C26H23P/c1-27(2,3)17-18-16-25-22-13-6-5-11-20(22)21-12-7-9-15-24(21)26(25)23-14-8-4-10-19(18)23/h4-16H,1,17H2,2-3H3. The molecule has 0 nitrogen and oxygen atoms in total. The van der Waals surface area contributed by atoms with E-state index in [1.165, 1.54) is 48.7 Å². The molecule has 1 heteroatoms. The molecule has 0 bridgehead atoms. The summed E-state index contributed by atoms with van der Waals surface area (Å²) < 4.78 is 0. The molecule has 5 aromatic carbocycles. The summed E-state index contributed by atoms with van der Waals surface area (Å²) in [7, 11) is 0. The maximum absolute atomic E-state index is 4.48. The molecular weight excluding hydrogens is 343 g/mol. The lowest BCUT2D eigenvalue weighted by Gasteiger charge is -2.18. The van der Waals surface area contributed by atoms with Crippen LogP contribution in [0.5, 0.6) is 0 Å². The topological polar surface area (TPSA) is 0 Å². The van der Waals surface area contributed by atoms with Crippen molar-refractivity contribution in [2.24, 2.45) is 0 Å². The average Bonchev–Trinajstić information content (AvgIpc) is 2.67. The monoisotopic (exact) mass is 366 g/mol. The van der Waals surface area contributed by atoms with E-state index in [9.17, 15) is 0 Å². The molecule has 27 heavy (non-hydrogen) atoms. The maximum Gasteiger partial charge on any atom is -0.00202 e. The van der Waals surface area contributed by atoms with Gasteiger partial charge in [0.05, 0.1) is 0 Å². The lowest BCUT2D eigenvalue weighted by Crippen LogP contribution is -1.92. The van der Waals surface area contributed by atoms with Crippen LogP contribution >= 0.6 is 6.89 Å². The minimum atomic E-state index is -1.18. The summed E-state index contributed by atoms with van der Waals surface area (Å²) in [6.07, 6.45) is 5.55. The Hall–Kier alpha value is -2.56. The summed E-state index contributed by atoms with van der Waals surface area (Å²) in [6, 6.07) is 29.0. The fourth-order valence-corrected chi connectivity index (χ4v) is 5.62. The molecule has 0 N–H and O–H groups in total. The first-order chi connectivity index (χ1) is 13.0. The van der Waals surface area contributed by atoms with E-state index in [2.05, 4.69) is 98.5 Å². The van der Waals surface area contributed by atoms with Crippen LogP contribution in [0.3, 0.4) is 0 Å². The van der Waals surface area contributed by atoms with E-state index in [0.717, 1.165) is 6.16 Å². The fourth-order valence-electron chi connectivity index (χ4n) is 4.43. The van der Waals surface area contributed by atoms with Crippen molar-refractivity contribution in [3.63, 3.8) is 0 Å². The molecule has 0 amide bonds. The molecule has 0 aliphatic carbocycles. The van der Waals surface area contributed by atoms with Crippen LogP contribution < -0.4 is 0 Å². The molecule has 0 spiro atoms. The molecule has 0 radical (unpaired) electrons. The van der Waals surface area contributed by atoms with Gasteiger partial charge in [0.15, 0.2) is 0 Å². The highest BCUT2D eigenvalue weighted by Gasteiger charge is 2.14. The van der Waals surface area contributed by atoms with Gasteiger partial charge in [0.2, 0.25) is 0 Å². The summed E-state index contributed by atoms with van der Waals surface area (Å²) >= 11 is 0. The van der Waals surface area contributed by atoms with Crippen LogP contribution in [0.25, 0.3) is 43.1 Å². The van der Waals surface area contributed by atoms with Gasteiger partial charge in [0, 0.05) is 0 Å². The van der Waals surface area contributed by atoms with Crippen LogP contribution in [0.15, 0.2) is 78.9 Å². The SMILES string of the molecule is C=P(C)(C)Cc1cc2c3ccccc3c3ccccc3c2c2ccccc12. The molecule has 0 saturated carbocycles. The third kappa shape index (κ3) is 2.68. The Morgan fingerprint density at radius 3 is 1.56 bits per heavy atom. The van der Waals surface area contributed by atoms with Crippen LogP contribution in [0.4, 0.5) is 0 Å². The Morgan fingerprint density at radius 1 is 0.593 bits per heavy atom. The Morgan fingerprint density at radius 2 is 1.00 bits per heavy atom. The first-order valence-electron chi connectivity index (χ1n) is 9.44. The minimum absolute atomic E-state index is 1.07. The summed E-state index contributed by atoms with van der Waals surface area (Å²) in [5.41, 5.74) is 1.44. The molecule has 0 aliphatic rings. The van der Waals surface area contributed by atoms with Gasteiger partial charge in [-0.05, 0) is 74.2 Å². The molecule has 0 saturated heterocycles. The summed E-state index contributed by atoms with van der Waals surface area (Å²) in [6.45, 7) is 3.47. The van der Waals surface area contributed by atoms with Crippen molar-refractivity contribution in [1.82, 2.24) is 0 Å². The van der Waals surface area contributed by atoms with Crippen molar-refractivity contribution in [3.8, 4) is 0 Å². The first kappa shape index (κ1) is 16.6. The quantitative estimate of drug-likeness (QED) is 0.224. The van der Waals surface area contributed by atoms with Crippen molar-refractivity contribution < 1.29 is 0 Å². The first-order valence-corrected chi connectivity index (χ1v) is 12.5. The molecule has 0 aliphatic heterocycles. The van der Waals surface area contributed by atoms with E-state index in [-0.39, 0.29) is 0 Å². The molecule has 132 valence electrons. The highest BCUT2D eigenvalue weighted by atomic mass is 31.2. The van der Waals surface area contributed by atoms with Gasteiger partial charge in [-0.3, -0.25) is 0 Å². The van der Waals surface area contributed by atoms with Crippen LogP contribution in [-0.2, 0) is 6.16 Å². The number of hydrogen-bond acceptors (Lipinski definition) is 0. The predicted octanol–water partition coefficient (Wildman–Crippen LogP) is 7.51. The second-order valence-electron chi connectivity index (χ2n) is 8.19. The minimum Gasteiger partial charge on any atom is -0.114 e. The van der Waals surface area contributed by atoms with Crippen LogP contribution in [-0.4, -0.2) is 19.6 Å². The van der Waals surface area contributed by atoms with E-state index >= 15 is 0 Å². The Bertz CT molecular complexity index is 1390. The smallest absolute Gasteiger partial charge is 0.00202 e. The predicted molar refractivity (Wildman–Crippen MR) is 126 cm³/mol. The highest BCUT2D eigenvalue weighted by Crippen LogP contribution is 2.45. The molecule has 5 rings (SSSR count). The summed E-state index contributed by atoms with van der Waals surface area (Å²) in [4.78, 5) is 0. The zero-order valence-electron chi connectivity index (χ0n) is 15.9. The molecule has 5 aromatic rings. The molecule has 0 atom stereocenters. The lowest BCUT2D eigenvalue weighted by molar-refractivity contribution is 1.46. The van der Waals surface area contributed by atoms with E-state index < -0.39 is 6.89 Å². The van der Waals surface area contributed by atoms with Gasteiger partial charge in [0.1, 0.15) is 0 Å². The zero-order chi connectivity index (χ0) is 18.6. The molecular formula is C26H23P. The van der Waals surface area contributed by atoms with E-state index in [4.69, 9.17) is 0 Å². The fraction of sp³-hybridized carbons (Fsp3) is 0.115. The summed E-state index contributed by atoms with van der Waals surface area (Å²) in [5, 5.41) is 10.8. The molecule has 0 unspecified atom stereocenters. The number of rotatable bonds is 2. The van der Waals surface area contributed by atoms with Crippen LogP contribution in [0, 0.1) is 0 Å². The molecule has 0 fully saturated rings. The third-order valence-corrected chi connectivity index (χ3v) is 6.63. The van der Waals surface area contributed by atoms with Gasteiger partial charge < -0.3 is 0 Å². The normalized spacial score (nSPS) is 12.4. The van der Waals surface area contributed by atoms with E-state index in [1.807, 2.05) is 0 Å². The Labute approximate surface area is 160 Å². The van der Waals surface area contributed by atoms with Crippen LogP contribution in [0.1, 0.15) is 5.56 Å². The van der Waals surface area contributed by atoms with Crippen molar-refractivity contribution >= 4 is 56.3 Å². The Balaban J connectivity index is 2.10. The largest absolute Gasteiger partial charge is 0.114 e. The maximum atomic E-state index is 4.48. The van der Waals surface area contributed by atoms with Gasteiger partial charge in [-0.2, -0.15) is 0 Å². The second-order valence-corrected chi connectivity index (χ2v) is 12.4. The van der Waals surface area contributed by atoms with Crippen molar-refractivity contribution in [1.29, 1.82) is 0 Å².